The van der Waals surface area contributed by atoms with Crippen molar-refractivity contribution < 1.29 is 14.3 Å². The Balaban J connectivity index is 1.79. The van der Waals surface area contributed by atoms with Gasteiger partial charge in [-0.25, -0.2) is 4.99 Å². The van der Waals surface area contributed by atoms with E-state index < -0.39 is 0 Å². The Morgan fingerprint density at radius 3 is 2.73 bits per heavy atom. The van der Waals surface area contributed by atoms with Crippen LogP contribution in [-0.4, -0.2) is 89.5 Å². The quantitative estimate of drug-likeness (QED) is 0.320. The van der Waals surface area contributed by atoms with Gasteiger partial charge in [0.1, 0.15) is 6.54 Å². The van der Waals surface area contributed by atoms with Crippen molar-refractivity contribution in [3.63, 3.8) is 0 Å². The molecule has 1 aliphatic heterocycles. The number of aliphatic imine (C=N–C) groups is 1. The number of likely N-dealkylation sites (N-methyl/N-ethyl adjacent to an activating group) is 1. The Kier molecular flexibility index (Phi) is 10.4. The second-order valence-corrected chi connectivity index (χ2v) is 7.85. The molecule has 2 rings (SSSR count). The molecule has 1 amide bonds. The van der Waals surface area contributed by atoms with Crippen LogP contribution in [0.1, 0.15) is 19.8 Å². The number of benzene rings is 1. The predicted octanol–water partition coefficient (Wildman–Crippen LogP) is 1.33. The third-order valence-corrected chi connectivity index (χ3v) is 4.88. The molecule has 1 aromatic carbocycles. The average Bonchev–Trinajstić information content (AvgIpc) is 3.27. The van der Waals surface area contributed by atoms with Crippen LogP contribution in [0.5, 0.6) is 0 Å². The highest BCUT2D eigenvalue weighted by Crippen LogP contribution is 2.10. The Morgan fingerprint density at radius 2 is 2.07 bits per heavy atom. The molecule has 0 radical (unpaired) electrons. The summed E-state index contributed by atoms with van der Waals surface area (Å²) in [5.41, 5.74) is 1.20. The number of anilines is 1. The summed E-state index contributed by atoms with van der Waals surface area (Å²) in [6.07, 6.45) is 2.06. The van der Waals surface area contributed by atoms with Crippen LogP contribution in [0.3, 0.4) is 0 Å². The highest BCUT2D eigenvalue weighted by molar-refractivity contribution is 5.84. The Bertz CT molecular complexity index is 647. The predicted molar refractivity (Wildman–Crippen MR) is 121 cm³/mol. The first-order valence-corrected chi connectivity index (χ1v) is 10.7. The van der Waals surface area contributed by atoms with E-state index in [1.165, 1.54) is 5.69 Å². The van der Waals surface area contributed by atoms with Gasteiger partial charge in [0.15, 0.2) is 5.96 Å². The number of guanidine groups is 1. The lowest BCUT2D eigenvalue weighted by atomic mass is 10.3. The smallest absolute Gasteiger partial charge is 0.243 e. The maximum Gasteiger partial charge on any atom is 0.243 e. The topological polar surface area (TPSA) is 78.4 Å². The standard InChI is InChI=1S/C22H37N5O3/c1-18(16-30-20-11-14-29-17-20)25-22(24-15-21(28)26(2)3)23-12-8-13-27(4)19-9-6-5-7-10-19/h5-7,9-10,18,20H,8,11-17H2,1-4H3,(H2,23,24,25). The van der Waals surface area contributed by atoms with Crippen molar-refractivity contribution in [3.05, 3.63) is 30.3 Å². The zero-order valence-corrected chi connectivity index (χ0v) is 18.8. The minimum atomic E-state index is -0.0353. The highest BCUT2D eigenvalue weighted by Gasteiger charge is 2.17. The second kappa shape index (κ2) is 13.1. The number of carbonyl (C=O) groups excluding carboxylic acids is 1. The van der Waals surface area contributed by atoms with E-state index in [1.54, 1.807) is 19.0 Å². The highest BCUT2D eigenvalue weighted by atomic mass is 16.5. The molecule has 168 valence electrons. The third-order valence-electron chi connectivity index (χ3n) is 4.88. The van der Waals surface area contributed by atoms with Crippen molar-refractivity contribution in [2.24, 2.45) is 4.99 Å². The summed E-state index contributed by atoms with van der Waals surface area (Å²) < 4.78 is 11.2. The molecule has 0 spiro atoms. The van der Waals surface area contributed by atoms with Crippen molar-refractivity contribution in [2.45, 2.75) is 31.9 Å². The van der Waals surface area contributed by atoms with Gasteiger partial charge in [-0.15, -0.1) is 0 Å². The molecular formula is C22H37N5O3. The number of rotatable bonds is 11. The number of para-hydroxylation sites is 1. The third kappa shape index (κ3) is 9.00. The van der Waals surface area contributed by atoms with Crippen molar-refractivity contribution in [1.29, 1.82) is 0 Å². The van der Waals surface area contributed by atoms with Crippen LogP contribution in [0, 0.1) is 0 Å². The van der Waals surface area contributed by atoms with E-state index in [1.807, 2.05) is 25.1 Å². The first-order valence-electron chi connectivity index (χ1n) is 10.7. The summed E-state index contributed by atoms with van der Waals surface area (Å²) in [6, 6.07) is 10.4. The van der Waals surface area contributed by atoms with Gasteiger partial charge >= 0.3 is 0 Å². The first kappa shape index (κ1) is 24.0. The summed E-state index contributed by atoms with van der Waals surface area (Å²) >= 11 is 0. The van der Waals surface area contributed by atoms with E-state index >= 15 is 0 Å². The number of nitrogens with one attached hydrogen (secondary N) is 2. The molecule has 2 N–H and O–H groups in total. The monoisotopic (exact) mass is 419 g/mol. The van der Waals surface area contributed by atoms with Crippen molar-refractivity contribution in [1.82, 2.24) is 15.5 Å². The normalized spacial score (nSPS) is 17.5. The number of amides is 1. The fourth-order valence-electron chi connectivity index (χ4n) is 2.98. The average molecular weight is 420 g/mol. The summed E-state index contributed by atoms with van der Waals surface area (Å²) in [5, 5.41) is 6.68. The molecule has 1 fully saturated rings. The van der Waals surface area contributed by atoms with Gasteiger partial charge in [-0.1, -0.05) is 18.2 Å². The molecule has 2 atom stereocenters. The van der Waals surface area contributed by atoms with Gasteiger partial charge in [0.25, 0.3) is 0 Å². The van der Waals surface area contributed by atoms with E-state index in [9.17, 15) is 4.79 Å². The van der Waals surface area contributed by atoms with Crippen LogP contribution in [0.4, 0.5) is 5.69 Å². The molecule has 1 aromatic rings. The van der Waals surface area contributed by atoms with E-state index in [0.717, 1.165) is 32.5 Å². The zero-order chi connectivity index (χ0) is 21.8. The molecule has 1 saturated heterocycles. The van der Waals surface area contributed by atoms with E-state index in [2.05, 4.69) is 39.7 Å². The summed E-state index contributed by atoms with van der Waals surface area (Å²) in [5.74, 6) is 0.596. The summed E-state index contributed by atoms with van der Waals surface area (Å²) in [7, 11) is 5.56. The SMILES string of the molecule is CC(COC1CCOC1)NC(=NCC(=O)N(C)C)NCCCN(C)c1ccccc1. The Labute approximate surface area is 180 Å². The van der Waals surface area contributed by atoms with E-state index in [0.29, 0.717) is 19.2 Å². The van der Waals surface area contributed by atoms with Crippen molar-refractivity contribution in [2.75, 3.05) is 65.5 Å². The van der Waals surface area contributed by atoms with Crippen molar-refractivity contribution in [3.8, 4) is 0 Å². The fraction of sp³-hybridized carbons (Fsp3) is 0.636. The number of ether oxygens (including phenoxy) is 2. The van der Waals surface area contributed by atoms with Gasteiger partial charge in [-0.2, -0.15) is 0 Å². The minimum Gasteiger partial charge on any atom is -0.379 e. The molecule has 0 saturated carbocycles. The lowest BCUT2D eigenvalue weighted by Crippen LogP contribution is -2.45. The molecule has 1 heterocycles. The molecule has 8 heteroatoms. The number of hydrogen-bond acceptors (Lipinski definition) is 5. The van der Waals surface area contributed by atoms with Crippen molar-refractivity contribution >= 4 is 17.6 Å². The Hall–Kier alpha value is -2.32. The Morgan fingerprint density at radius 1 is 1.30 bits per heavy atom. The van der Waals surface area contributed by atoms with Gasteiger partial charge in [0.05, 0.1) is 19.3 Å². The largest absolute Gasteiger partial charge is 0.379 e. The minimum absolute atomic E-state index is 0.0353. The van der Waals surface area contributed by atoms with Crippen LogP contribution >= 0.6 is 0 Å². The van der Waals surface area contributed by atoms with Crippen LogP contribution in [-0.2, 0) is 14.3 Å². The van der Waals surface area contributed by atoms with Crippen LogP contribution in [0.25, 0.3) is 0 Å². The molecular weight excluding hydrogens is 382 g/mol. The molecule has 2 unspecified atom stereocenters. The molecule has 8 nitrogen and oxygen atoms in total. The summed E-state index contributed by atoms with van der Waals surface area (Å²) in [6.45, 7) is 5.82. The van der Waals surface area contributed by atoms with Crippen LogP contribution in [0.15, 0.2) is 35.3 Å². The van der Waals surface area contributed by atoms with Gasteiger partial charge in [-0.05, 0) is 31.9 Å². The van der Waals surface area contributed by atoms with Crippen LogP contribution < -0.4 is 15.5 Å². The molecule has 1 aliphatic rings. The number of carbonyl (C=O) groups is 1. The molecule has 0 aromatic heterocycles. The van der Waals surface area contributed by atoms with Gasteiger partial charge in [0.2, 0.25) is 5.91 Å². The number of hydrogen-bond donors (Lipinski definition) is 2. The van der Waals surface area contributed by atoms with Gasteiger partial charge in [0, 0.05) is 52.6 Å². The van der Waals surface area contributed by atoms with Gasteiger partial charge < -0.3 is 29.9 Å². The maximum absolute atomic E-state index is 11.9. The molecule has 0 bridgehead atoms. The van der Waals surface area contributed by atoms with E-state index in [4.69, 9.17) is 9.47 Å². The first-order chi connectivity index (χ1) is 14.5. The van der Waals surface area contributed by atoms with E-state index in [-0.39, 0.29) is 24.6 Å². The maximum atomic E-state index is 11.9. The second-order valence-electron chi connectivity index (χ2n) is 7.85. The molecule has 0 aliphatic carbocycles. The number of nitrogens with zero attached hydrogens (tertiary/aromatic N) is 3. The zero-order valence-electron chi connectivity index (χ0n) is 18.8. The lowest BCUT2D eigenvalue weighted by Gasteiger charge is -2.22. The fourth-order valence-corrected chi connectivity index (χ4v) is 2.98. The molecule has 30 heavy (non-hydrogen) atoms. The summed E-state index contributed by atoms with van der Waals surface area (Å²) in [4.78, 5) is 20.1. The van der Waals surface area contributed by atoms with Crippen LogP contribution in [0.2, 0.25) is 0 Å². The van der Waals surface area contributed by atoms with Gasteiger partial charge in [-0.3, -0.25) is 4.79 Å². The lowest BCUT2D eigenvalue weighted by molar-refractivity contribution is -0.127.